The van der Waals surface area contributed by atoms with Crippen molar-refractivity contribution in [1.29, 1.82) is 0 Å². The molecule has 81 heavy (non-hydrogen) atoms. The van der Waals surface area contributed by atoms with Crippen molar-refractivity contribution in [2.24, 2.45) is 0 Å². The Morgan fingerprint density at radius 1 is 0.407 bits per heavy atom. The largest absolute Gasteiger partial charge is 0.311 e. The highest BCUT2D eigenvalue weighted by Crippen LogP contribution is 2.56. The van der Waals surface area contributed by atoms with Gasteiger partial charge >= 0.3 is 0 Å². The van der Waals surface area contributed by atoms with Crippen molar-refractivity contribution in [3.63, 3.8) is 0 Å². The number of benzene rings is 7. The number of nitrogens with zero attached hydrogens (tertiary/aromatic N) is 3. The molecule has 0 N–H and O–H groups in total. The smallest absolute Gasteiger partial charge is 0.264 e. The number of fused-ring (bicyclic) bond motifs is 9. The molecule has 416 valence electrons. The molecule has 0 radical (unpaired) electrons. The molecule has 8 aromatic rings. The number of anilines is 9. The molecule has 7 aromatic carbocycles. The van der Waals surface area contributed by atoms with Crippen LogP contribution in [-0.4, -0.2) is 6.71 Å². The Kier molecular flexibility index (Phi) is 11.9. The van der Waals surface area contributed by atoms with Gasteiger partial charge in [0.05, 0.1) is 5.69 Å². The second-order valence-electron chi connectivity index (χ2n) is 31.5. The lowest BCUT2D eigenvalue weighted by molar-refractivity contribution is 0.332. The maximum atomic E-state index is 2.78. The van der Waals surface area contributed by atoms with E-state index < -0.39 is 0 Å². The maximum absolute atomic E-state index is 2.78. The van der Waals surface area contributed by atoms with Gasteiger partial charge in [0, 0.05) is 60.4 Å². The second kappa shape index (κ2) is 17.7. The predicted octanol–water partition coefficient (Wildman–Crippen LogP) is 20.1. The van der Waals surface area contributed by atoms with Crippen LogP contribution in [0.5, 0.6) is 0 Å². The lowest BCUT2D eigenvalue weighted by atomic mass is 9.36. The van der Waals surface area contributed by atoms with Gasteiger partial charge in [0.15, 0.2) is 0 Å². The molecule has 2 aliphatic heterocycles. The maximum Gasteiger partial charge on any atom is 0.264 e. The Hall–Kier alpha value is -6.04. The van der Waals surface area contributed by atoms with E-state index in [0.717, 1.165) is 23.5 Å². The van der Waals surface area contributed by atoms with Gasteiger partial charge in [0.1, 0.15) is 0 Å². The summed E-state index contributed by atoms with van der Waals surface area (Å²) >= 11 is 2.06. The summed E-state index contributed by atoms with van der Waals surface area (Å²) in [5.41, 5.74) is 25.9. The monoisotopic (exact) mass is 1090 g/mol. The third-order valence-corrected chi connectivity index (χ3v) is 22.1. The molecule has 0 amide bonds. The quantitative estimate of drug-likeness (QED) is 0.159. The molecule has 0 fully saturated rings. The normalized spacial score (nSPS) is 19.5. The van der Waals surface area contributed by atoms with Gasteiger partial charge in [-0.1, -0.05) is 173 Å². The zero-order chi connectivity index (χ0) is 57.5. The molecule has 5 aliphatic rings. The van der Waals surface area contributed by atoms with Gasteiger partial charge in [-0.25, -0.2) is 0 Å². The first-order chi connectivity index (χ1) is 37.9. The molecule has 3 nitrogen and oxygen atoms in total. The molecule has 0 bridgehead atoms. The first-order valence-electron chi connectivity index (χ1n) is 30.7. The van der Waals surface area contributed by atoms with Gasteiger partial charge in [-0.2, -0.15) is 0 Å². The standard InChI is InChI=1S/C76H88BN3S/c1-69(2,3)47-24-26-50(27-25-47)78(49-22-20-19-21-23-49)53-30-33-61-62(44-53)79(51-28-31-55-57(42-51)73(11,12)36-34-71(55,7)8)63-40-48(70(4,5)6)41-64-66(63)77(61)68-67(54-45-59-60(46-65(54)81-68)76(17,18)39-38-75(59,15)16)80(64)52-29-32-56-58(43-52)74(13,14)37-35-72(56,9)10/h19-33,40-46H,34-39H2,1-18H3. The van der Waals surface area contributed by atoms with Crippen molar-refractivity contribution in [2.75, 3.05) is 14.7 Å². The van der Waals surface area contributed by atoms with Crippen LogP contribution in [0.3, 0.4) is 0 Å². The van der Waals surface area contributed by atoms with E-state index in [1.807, 2.05) is 0 Å². The van der Waals surface area contributed by atoms with Gasteiger partial charge in [-0.15, -0.1) is 11.3 Å². The van der Waals surface area contributed by atoms with Gasteiger partial charge < -0.3 is 14.7 Å². The minimum Gasteiger partial charge on any atom is -0.311 e. The lowest BCUT2D eigenvalue weighted by Crippen LogP contribution is -2.60. The van der Waals surface area contributed by atoms with Crippen molar-refractivity contribution in [2.45, 2.75) is 206 Å². The summed E-state index contributed by atoms with van der Waals surface area (Å²) in [6.07, 6.45) is 7.06. The van der Waals surface area contributed by atoms with Crippen molar-refractivity contribution >= 4 is 95.0 Å². The first-order valence-corrected chi connectivity index (χ1v) is 31.5. The van der Waals surface area contributed by atoms with E-state index in [4.69, 9.17) is 0 Å². The highest BCUT2D eigenvalue weighted by atomic mass is 32.1. The molecular formula is C76H88BN3S. The summed E-state index contributed by atoms with van der Waals surface area (Å²) in [4.78, 5) is 7.97. The van der Waals surface area contributed by atoms with E-state index >= 15 is 0 Å². The van der Waals surface area contributed by atoms with E-state index in [9.17, 15) is 0 Å². The Balaban J connectivity index is 1.15. The third kappa shape index (κ3) is 8.53. The van der Waals surface area contributed by atoms with Crippen molar-refractivity contribution < 1.29 is 0 Å². The number of para-hydroxylation sites is 1. The Morgan fingerprint density at radius 2 is 0.852 bits per heavy atom. The molecule has 13 rings (SSSR count). The first kappa shape index (κ1) is 54.2. The summed E-state index contributed by atoms with van der Waals surface area (Å²) in [6.45, 7) is 43.9. The van der Waals surface area contributed by atoms with E-state index in [0.29, 0.717) is 0 Å². The lowest BCUT2D eigenvalue weighted by Gasteiger charge is -2.46. The molecule has 5 heteroatoms. The van der Waals surface area contributed by atoms with Crippen molar-refractivity contribution in [1.82, 2.24) is 0 Å². The number of thiophene rings is 1. The van der Waals surface area contributed by atoms with Crippen LogP contribution >= 0.6 is 11.3 Å². The fourth-order valence-electron chi connectivity index (χ4n) is 15.2. The van der Waals surface area contributed by atoms with Crippen LogP contribution in [0.1, 0.15) is 208 Å². The SMILES string of the molecule is CC(C)(C)c1ccc(N(c2ccccc2)c2ccc3c(c2)N(c2ccc4c(c2)C(C)(C)CCC4(C)C)c2cc(C(C)(C)C)cc4c2B3c2sc3cc5c(cc3c2N4c2ccc3c(c2)C(C)(C)CCC3(C)C)C(C)(C)CCC5(C)C)cc1. The van der Waals surface area contributed by atoms with E-state index in [2.05, 4.69) is 284 Å². The summed E-state index contributed by atoms with van der Waals surface area (Å²) in [7, 11) is 0. The van der Waals surface area contributed by atoms with E-state index in [-0.39, 0.29) is 50.0 Å². The van der Waals surface area contributed by atoms with Gasteiger partial charge in [0.25, 0.3) is 6.71 Å². The Labute approximate surface area is 491 Å². The molecule has 0 spiro atoms. The zero-order valence-corrected chi connectivity index (χ0v) is 53.1. The summed E-state index contributed by atoms with van der Waals surface area (Å²) in [5.74, 6) is 0. The summed E-state index contributed by atoms with van der Waals surface area (Å²) in [6, 6.07) is 53.7. The molecule has 0 saturated heterocycles. The average molecular weight is 1090 g/mol. The van der Waals surface area contributed by atoms with Gasteiger partial charge in [-0.3, -0.25) is 0 Å². The fourth-order valence-corrected chi connectivity index (χ4v) is 16.6. The zero-order valence-electron chi connectivity index (χ0n) is 52.3. The Bertz CT molecular complexity index is 3870. The molecular weight excluding hydrogens is 998 g/mol. The van der Waals surface area contributed by atoms with Crippen molar-refractivity contribution in [3.8, 4) is 0 Å². The molecule has 3 heterocycles. The summed E-state index contributed by atoms with van der Waals surface area (Å²) in [5, 5.41) is 1.39. The van der Waals surface area contributed by atoms with Crippen LogP contribution in [0.15, 0.2) is 133 Å². The van der Waals surface area contributed by atoms with Crippen LogP contribution in [0, 0.1) is 0 Å². The number of hydrogen-bond donors (Lipinski definition) is 0. The molecule has 3 aliphatic carbocycles. The van der Waals surface area contributed by atoms with Crippen LogP contribution < -0.4 is 30.4 Å². The van der Waals surface area contributed by atoms with Crippen LogP contribution in [0.4, 0.5) is 51.2 Å². The van der Waals surface area contributed by atoms with Crippen LogP contribution in [0.2, 0.25) is 0 Å². The van der Waals surface area contributed by atoms with E-state index in [1.54, 1.807) is 0 Å². The molecule has 0 atom stereocenters. The van der Waals surface area contributed by atoms with E-state index in [1.165, 1.54) is 137 Å². The molecule has 1 aromatic heterocycles. The minimum absolute atomic E-state index is 0.0109. The van der Waals surface area contributed by atoms with Crippen LogP contribution in [0.25, 0.3) is 10.1 Å². The van der Waals surface area contributed by atoms with Crippen molar-refractivity contribution in [3.05, 3.63) is 178 Å². The topological polar surface area (TPSA) is 9.72 Å². The third-order valence-electron chi connectivity index (χ3n) is 20.9. The highest BCUT2D eigenvalue weighted by molar-refractivity contribution is 7.33. The highest BCUT2D eigenvalue weighted by Gasteiger charge is 2.49. The fraction of sp³-hybridized carbons (Fsp3) is 0.421. The number of hydrogen-bond acceptors (Lipinski definition) is 4. The van der Waals surface area contributed by atoms with Gasteiger partial charge in [0.2, 0.25) is 0 Å². The number of rotatable bonds is 5. The van der Waals surface area contributed by atoms with Gasteiger partial charge in [-0.05, 0) is 222 Å². The van der Waals surface area contributed by atoms with Crippen LogP contribution in [-0.2, 0) is 43.3 Å². The molecule has 0 saturated carbocycles. The second-order valence-corrected chi connectivity index (χ2v) is 32.5. The Morgan fingerprint density at radius 3 is 1.37 bits per heavy atom. The minimum atomic E-state index is -0.154. The predicted molar refractivity (Wildman–Crippen MR) is 354 cm³/mol. The molecule has 0 unspecified atom stereocenters. The average Bonchev–Trinajstić information content (AvgIpc) is 2.09. The summed E-state index contributed by atoms with van der Waals surface area (Å²) < 4.78 is 2.84.